The van der Waals surface area contributed by atoms with Crippen molar-refractivity contribution in [2.24, 2.45) is 0 Å². The fourth-order valence-corrected chi connectivity index (χ4v) is 1.18. The van der Waals surface area contributed by atoms with E-state index in [2.05, 4.69) is 0 Å². The summed E-state index contributed by atoms with van der Waals surface area (Å²) in [5.41, 5.74) is 5.64. The summed E-state index contributed by atoms with van der Waals surface area (Å²) in [7, 11) is 0. The van der Waals surface area contributed by atoms with Gasteiger partial charge in [-0.2, -0.15) is 0 Å². The summed E-state index contributed by atoms with van der Waals surface area (Å²) >= 11 is 0. The summed E-state index contributed by atoms with van der Waals surface area (Å²) in [4.78, 5) is 0. The lowest BCUT2D eigenvalue weighted by Crippen LogP contribution is -2.22. The van der Waals surface area contributed by atoms with Gasteiger partial charge in [-0.3, -0.25) is 0 Å². The van der Waals surface area contributed by atoms with Gasteiger partial charge < -0.3 is 15.2 Å². The van der Waals surface area contributed by atoms with Crippen LogP contribution in [0.2, 0.25) is 0 Å². The molecule has 90 valence electrons. The van der Waals surface area contributed by atoms with Crippen LogP contribution in [0.3, 0.4) is 0 Å². The van der Waals surface area contributed by atoms with Crippen LogP contribution in [0.25, 0.3) is 0 Å². The SMILES string of the molecule is CC(C)(C)OCCOc1cc(N)cc(F)c1. The fraction of sp³-hybridized carbons (Fsp3) is 0.500. The predicted molar refractivity (Wildman–Crippen MR) is 62.0 cm³/mol. The van der Waals surface area contributed by atoms with Gasteiger partial charge in [-0.15, -0.1) is 0 Å². The number of benzene rings is 1. The summed E-state index contributed by atoms with van der Waals surface area (Å²) in [6, 6.07) is 4.13. The van der Waals surface area contributed by atoms with Crippen molar-refractivity contribution in [3.8, 4) is 5.75 Å². The minimum Gasteiger partial charge on any atom is -0.491 e. The van der Waals surface area contributed by atoms with Gasteiger partial charge in [-0.1, -0.05) is 0 Å². The third kappa shape index (κ3) is 4.98. The van der Waals surface area contributed by atoms with Crippen molar-refractivity contribution in [2.45, 2.75) is 26.4 Å². The van der Waals surface area contributed by atoms with Crippen LogP contribution in [0, 0.1) is 5.82 Å². The second kappa shape index (κ2) is 5.16. The van der Waals surface area contributed by atoms with Crippen LogP contribution >= 0.6 is 0 Å². The molecule has 0 radical (unpaired) electrons. The first-order chi connectivity index (χ1) is 7.37. The maximum atomic E-state index is 12.9. The molecule has 0 aliphatic heterocycles. The van der Waals surface area contributed by atoms with Crippen LogP contribution in [-0.2, 0) is 4.74 Å². The Hall–Kier alpha value is -1.29. The van der Waals surface area contributed by atoms with E-state index in [9.17, 15) is 4.39 Å². The molecule has 1 rings (SSSR count). The van der Waals surface area contributed by atoms with E-state index in [1.807, 2.05) is 20.8 Å². The Labute approximate surface area is 95.4 Å². The van der Waals surface area contributed by atoms with Gasteiger partial charge in [-0.05, 0) is 26.8 Å². The van der Waals surface area contributed by atoms with E-state index < -0.39 is 5.82 Å². The van der Waals surface area contributed by atoms with Gasteiger partial charge in [0.05, 0.1) is 12.2 Å². The third-order valence-corrected chi connectivity index (χ3v) is 1.78. The van der Waals surface area contributed by atoms with Crippen LogP contribution in [0.1, 0.15) is 20.8 Å². The molecule has 0 atom stereocenters. The molecule has 0 amide bonds. The number of ether oxygens (including phenoxy) is 2. The second-order valence-electron chi connectivity index (χ2n) is 4.53. The summed E-state index contributed by atoms with van der Waals surface area (Å²) < 4.78 is 23.7. The Morgan fingerprint density at radius 3 is 2.44 bits per heavy atom. The standard InChI is InChI=1S/C12H18FNO2/c1-12(2,3)16-5-4-15-11-7-9(13)6-10(14)8-11/h6-8H,4-5,14H2,1-3H3. The molecule has 0 saturated heterocycles. The smallest absolute Gasteiger partial charge is 0.128 e. The summed E-state index contributed by atoms with van der Waals surface area (Å²) in [5.74, 6) is 0.0294. The quantitative estimate of drug-likeness (QED) is 0.635. The molecule has 1 aromatic rings. The van der Waals surface area contributed by atoms with Crippen molar-refractivity contribution < 1.29 is 13.9 Å². The van der Waals surface area contributed by atoms with E-state index in [1.54, 1.807) is 6.07 Å². The van der Waals surface area contributed by atoms with E-state index in [0.717, 1.165) is 0 Å². The number of nitrogen functional groups attached to an aromatic ring is 1. The Kier molecular flexibility index (Phi) is 4.12. The first kappa shape index (κ1) is 12.8. The largest absolute Gasteiger partial charge is 0.491 e. The number of hydrogen-bond acceptors (Lipinski definition) is 3. The average molecular weight is 227 g/mol. The summed E-state index contributed by atoms with van der Waals surface area (Å²) in [5, 5.41) is 0. The first-order valence-electron chi connectivity index (χ1n) is 5.20. The normalized spacial score (nSPS) is 11.5. The van der Waals surface area contributed by atoms with Gasteiger partial charge in [0.15, 0.2) is 0 Å². The van der Waals surface area contributed by atoms with Crippen molar-refractivity contribution in [3.05, 3.63) is 24.0 Å². The Bertz CT molecular complexity index is 327. The minimum atomic E-state index is -0.397. The Morgan fingerprint density at radius 2 is 1.88 bits per heavy atom. The van der Waals surface area contributed by atoms with E-state index >= 15 is 0 Å². The maximum Gasteiger partial charge on any atom is 0.128 e. The number of rotatable bonds is 4. The van der Waals surface area contributed by atoms with Gasteiger partial charge in [0.2, 0.25) is 0 Å². The lowest BCUT2D eigenvalue weighted by atomic mass is 10.2. The number of anilines is 1. The van der Waals surface area contributed by atoms with E-state index in [1.165, 1.54) is 12.1 Å². The van der Waals surface area contributed by atoms with Gasteiger partial charge in [-0.25, -0.2) is 4.39 Å². The highest BCUT2D eigenvalue weighted by Gasteiger charge is 2.09. The number of hydrogen-bond donors (Lipinski definition) is 1. The second-order valence-corrected chi connectivity index (χ2v) is 4.53. The Morgan fingerprint density at radius 1 is 1.19 bits per heavy atom. The highest BCUT2D eigenvalue weighted by Crippen LogP contribution is 2.17. The van der Waals surface area contributed by atoms with Crippen LogP contribution in [-0.4, -0.2) is 18.8 Å². The zero-order chi connectivity index (χ0) is 12.2. The van der Waals surface area contributed by atoms with Crippen molar-refractivity contribution in [1.29, 1.82) is 0 Å². The molecule has 3 nitrogen and oxygen atoms in total. The summed E-state index contributed by atoms with van der Waals surface area (Å²) in [6.45, 7) is 6.73. The van der Waals surface area contributed by atoms with E-state index in [4.69, 9.17) is 15.2 Å². The van der Waals surface area contributed by atoms with Crippen LogP contribution in [0.15, 0.2) is 18.2 Å². The molecule has 0 aliphatic rings. The lowest BCUT2D eigenvalue weighted by Gasteiger charge is -2.19. The molecule has 2 N–H and O–H groups in total. The molecule has 0 fully saturated rings. The predicted octanol–water partition coefficient (Wildman–Crippen LogP) is 2.60. The molecule has 0 aliphatic carbocycles. The van der Waals surface area contributed by atoms with Crippen LogP contribution in [0.4, 0.5) is 10.1 Å². The molecular weight excluding hydrogens is 209 g/mol. The van der Waals surface area contributed by atoms with E-state index in [0.29, 0.717) is 24.7 Å². The third-order valence-electron chi connectivity index (χ3n) is 1.78. The number of nitrogens with two attached hydrogens (primary N) is 1. The highest BCUT2D eigenvalue weighted by molar-refractivity contribution is 5.44. The van der Waals surface area contributed by atoms with Gasteiger partial charge >= 0.3 is 0 Å². The zero-order valence-corrected chi connectivity index (χ0v) is 9.92. The molecular formula is C12H18FNO2. The monoisotopic (exact) mass is 227 g/mol. The topological polar surface area (TPSA) is 44.5 Å². The Balaban J connectivity index is 2.37. The number of halogens is 1. The molecule has 0 bridgehead atoms. The molecule has 0 heterocycles. The molecule has 16 heavy (non-hydrogen) atoms. The van der Waals surface area contributed by atoms with Crippen LogP contribution in [0.5, 0.6) is 5.75 Å². The summed E-state index contributed by atoms with van der Waals surface area (Å²) in [6.07, 6.45) is 0. The fourth-order valence-electron chi connectivity index (χ4n) is 1.18. The zero-order valence-electron chi connectivity index (χ0n) is 9.92. The molecule has 0 aromatic heterocycles. The van der Waals surface area contributed by atoms with Gasteiger partial charge in [0, 0.05) is 17.8 Å². The molecule has 0 saturated carbocycles. The molecule has 1 aromatic carbocycles. The van der Waals surface area contributed by atoms with Crippen molar-refractivity contribution in [1.82, 2.24) is 0 Å². The van der Waals surface area contributed by atoms with E-state index in [-0.39, 0.29) is 5.60 Å². The van der Waals surface area contributed by atoms with Crippen molar-refractivity contribution in [3.63, 3.8) is 0 Å². The minimum absolute atomic E-state index is 0.190. The van der Waals surface area contributed by atoms with Crippen LogP contribution < -0.4 is 10.5 Å². The molecule has 0 unspecified atom stereocenters. The lowest BCUT2D eigenvalue weighted by molar-refractivity contribution is -0.0163. The molecule has 0 spiro atoms. The van der Waals surface area contributed by atoms with Gasteiger partial charge in [0.1, 0.15) is 18.2 Å². The average Bonchev–Trinajstić information content (AvgIpc) is 2.09. The molecule has 4 heteroatoms. The highest BCUT2D eigenvalue weighted by atomic mass is 19.1. The maximum absolute atomic E-state index is 12.9. The van der Waals surface area contributed by atoms with Gasteiger partial charge in [0.25, 0.3) is 0 Å². The van der Waals surface area contributed by atoms with Crippen molar-refractivity contribution >= 4 is 5.69 Å². The first-order valence-corrected chi connectivity index (χ1v) is 5.20. The van der Waals surface area contributed by atoms with Crippen molar-refractivity contribution in [2.75, 3.05) is 18.9 Å².